The van der Waals surface area contributed by atoms with E-state index in [4.69, 9.17) is 4.42 Å². The highest BCUT2D eigenvalue weighted by Crippen LogP contribution is 2.38. The summed E-state index contributed by atoms with van der Waals surface area (Å²) in [5.41, 5.74) is 1.31. The van der Waals surface area contributed by atoms with Crippen LogP contribution in [0.4, 0.5) is 0 Å². The van der Waals surface area contributed by atoms with Crippen molar-refractivity contribution < 1.29 is 9.21 Å². The lowest BCUT2D eigenvalue weighted by molar-refractivity contribution is -0.141. The maximum atomic E-state index is 12.8. The Labute approximate surface area is 179 Å². The van der Waals surface area contributed by atoms with Crippen LogP contribution in [0.5, 0.6) is 0 Å². The third-order valence-electron chi connectivity index (χ3n) is 6.57. The summed E-state index contributed by atoms with van der Waals surface area (Å²) in [5.74, 6) is 2.33. The van der Waals surface area contributed by atoms with Gasteiger partial charge in [0.05, 0.1) is 12.0 Å². The van der Waals surface area contributed by atoms with E-state index in [-0.39, 0.29) is 17.9 Å². The van der Waals surface area contributed by atoms with Crippen molar-refractivity contribution in [3.8, 4) is 0 Å². The number of rotatable bonds is 8. The molecule has 2 aliphatic rings. The first-order valence-corrected chi connectivity index (χ1v) is 11.6. The molecule has 1 aromatic carbocycles. The summed E-state index contributed by atoms with van der Waals surface area (Å²) in [6.45, 7) is 6.66. The number of carbonyl (C=O) groups is 1. The number of benzene rings is 1. The molecular formula is C24H34N4O2. The summed E-state index contributed by atoms with van der Waals surface area (Å²) < 4.78 is 6.14. The highest BCUT2D eigenvalue weighted by Gasteiger charge is 2.39. The average molecular weight is 411 g/mol. The number of nitrogens with one attached hydrogen (secondary N) is 1. The zero-order valence-corrected chi connectivity index (χ0v) is 18.2. The topological polar surface area (TPSA) is 71.3 Å². The van der Waals surface area contributed by atoms with E-state index in [1.165, 1.54) is 5.56 Å². The van der Waals surface area contributed by atoms with Crippen LogP contribution < -0.4 is 5.32 Å². The molecule has 1 amide bonds. The molecule has 6 heteroatoms. The maximum Gasteiger partial charge on any atom is 0.234 e. The summed E-state index contributed by atoms with van der Waals surface area (Å²) in [7, 11) is 0. The first-order chi connectivity index (χ1) is 14.7. The molecule has 2 aliphatic heterocycles. The molecule has 162 valence electrons. The van der Waals surface area contributed by atoms with Crippen LogP contribution in [0.3, 0.4) is 0 Å². The van der Waals surface area contributed by atoms with E-state index < -0.39 is 0 Å². The number of amides is 1. The van der Waals surface area contributed by atoms with E-state index in [1.807, 2.05) is 4.90 Å². The molecule has 0 radical (unpaired) electrons. The van der Waals surface area contributed by atoms with Crippen LogP contribution >= 0.6 is 0 Å². The van der Waals surface area contributed by atoms with Gasteiger partial charge < -0.3 is 14.6 Å². The second kappa shape index (κ2) is 9.73. The molecule has 2 fully saturated rings. The normalized spacial score (nSPS) is 22.3. The molecule has 0 spiro atoms. The summed E-state index contributed by atoms with van der Waals surface area (Å²) in [6.07, 6.45) is 6.32. The Morgan fingerprint density at radius 1 is 1.13 bits per heavy atom. The fourth-order valence-electron chi connectivity index (χ4n) is 4.91. The van der Waals surface area contributed by atoms with E-state index in [9.17, 15) is 4.79 Å². The Balaban J connectivity index is 1.39. The number of piperidine rings is 1. The fourth-order valence-corrected chi connectivity index (χ4v) is 4.91. The first kappa shape index (κ1) is 21.0. The summed E-state index contributed by atoms with van der Waals surface area (Å²) in [5, 5.41) is 12.3. The minimum atomic E-state index is 0.0544. The number of nitrogens with zero attached hydrogens (tertiary/aromatic N) is 3. The number of likely N-dealkylation sites (tertiary alicyclic amines) is 1. The SMILES string of the molecule is CCCC(CCC)C(=O)N1CC(c2nnc([C@H]3NCCC[C@H]3c3ccccc3)o2)C1. The van der Waals surface area contributed by atoms with Crippen molar-refractivity contribution in [2.75, 3.05) is 19.6 Å². The quantitative estimate of drug-likeness (QED) is 0.697. The lowest BCUT2D eigenvalue weighted by atomic mass is 9.85. The van der Waals surface area contributed by atoms with Gasteiger partial charge in [-0.25, -0.2) is 0 Å². The summed E-state index contributed by atoms with van der Waals surface area (Å²) in [4.78, 5) is 14.8. The van der Waals surface area contributed by atoms with Gasteiger partial charge >= 0.3 is 0 Å². The monoisotopic (exact) mass is 410 g/mol. The number of aromatic nitrogens is 2. The molecule has 2 atom stereocenters. The highest BCUT2D eigenvalue weighted by atomic mass is 16.4. The molecule has 0 unspecified atom stereocenters. The van der Waals surface area contributed by atoms with Crippen LogP contribution in [0.2, 0.25) is 0 Å². The van der Waals surface area contributed by atoms with Crippen molar-refractivity contribution in [2.45, 2.75) is 70.3 Å². The van der Waals surface area contributed by atoms with Crippen LogP contribution in [0, 0.1) is 5.92 Å². The lowest BCUT2D eigenvalue weighted by Gasteiger charge is -2.39. The maximum absolute atomic E-state index is 12.8. The third-order valence-corrected chi connectivity index (χ3v) is 6.57. The van der Waals surface area contributed by atoms with E-state index in [2.05, 4.69) is 59.7 Å². The Kier molecular flexibility index (Phi) is 6.82. The highest BCUT2D eigenvalue weighted by molar-refractivity contribution is 5.79. The molecule has 3 heterocycles. The van der Waals surface area contributed by atoms with Gasteiger partial charge in [-0.2, -0.15) is 0 Å². The van der Waals surface area contributed by atoms with Crippen molar-refractivity contribution in [2.24, 2.45) is 5.92 Å². The van der Waals surface area contributed by atoms with Crippen LogP contribution in [0.25, 0.3) is 0 Å². The van der Waals surface area contributed by atoms with Crippen LogP contribution in [-0.2, 0) is 4.79 Å². The van der Waals surface area contributed by atoms with Crippen molar-refractivity contribution in [3.05, 3.63) is 47.7 Å². The van der Waals surface area contributed by atoms with Crippen LogP contribution in [-0.4, -0.2) is 40.6 Å². The molecular weight excluding hydrogens is 376 g/mol. The third kappa shape index (κ3) is 4.43. The fraction of sp³-hybridized carbons (Fsp3) is 0.625. The van der Waals surface area contributed by atoms with Crippen molar-refractivity contribution in [1.82, 2.24) is 20.4 Å². The van der Waals surface area contributed by atoms with E-state index in [0.29, 0.717) is 36.7 Å². The summed E-state index contributed by atoms with van der Waals surface area (Å²) >= 11 is 0. The molecule has 6 nitrogen and oxygen atoms in total. The molecule has 4 rings (SSSR count). The largest absolute Gasteiger partial charge is 0.423 e. The van der Waals surface area contributed by atoms with Crippen molar-refractivity contribution in [1.29, 1.82) is 0 Å². The van der Waals surface area contributed by atoms with Crippen LogP contribution in [0.1, 0.15) is 87.6 Å². The predicted octanol–water partition coefficient (Wildman–Crippen LogP) is 4.42. The van der Waals surface area contributed by atoms with Crippen molar-refractivity contribution in [3.63, 3.8) is 0 Å². The number of carbonyl (C=O) groups excluding carboxylic acids is 1. The smallest absolute Gasteiger partial charge is 0.234 e. The van der Waals surface area contributed by atoms with Gasteiger partial charge in [0, 0.05) is 24.9 Å². The van der Waals surface area contributed by atoms with Crippen LogP contribution in [0.15, 0.2) is 34.7 Å². The molecule has 2 aromatic rings. The van der Waals surface area contributed by atoms with E-state index in [1.54, 1.807) is 0 Å². The Bertz CT molecular complexity index is 810. The second-order valence-electron chi connectivity index (χ2n) is 8.78. The van der Waals surface area contributed by atoms with Gasteiger partial charge in [0.25, 0.3) is 0 Å². The Morgan fingerprint density at radius 3 is 2.53 bits per heavy atom. The standard InChI is InChI=1S/C24H34N4O2/c1-3-9-18(10-4-2)24(29)28-15-19(16-28)22-26-27-23(30-22)21-20(13-8-14-25-21)17-11-6-5-7-12-17/h5-7,11-12,18-21,25H,3-4,8-10,13-16H2,1-2H3/t20-,21-/m0/s1. The van der Waals surface area contributed by atoms with Gasteiger partial charge in [0.15, 0.2) is 0 Å². The van der Waals surface area contributed by atoms with Gasteiger partial charge in [-0.15, -0.1) is 10.2 Å². The minimum Gasteiger partial charge on any atom is -0.423 e. The summed E-state index contributed by atoms with van der Waals surface area (Å²) in [6, 6.07) is 10.6. The molecule has 1 N–H and O–H groups in total. The molecule has 0 saturated carbocycles. The predicted molar refractivity (Wildman–Crippen MR) is 116 cm³/mol. The molecule has 1 aromatic heterocycles. The second-order valence-corrected chi connectivity index (χ2v) is 8.78. The lowest BCUT2D eigenvalue weighted by Crippen LogP contribution is -2.50. The van der Waals surface area contributed by atoms with E-state index in [0.717, 1.165) is 45.1 Å². The van der Waals surface area contributed by atoms with Crippen molar-refractivity contribution >= 4 is 5.91 Å². The number of hydrogen-bond donors (Lipinski definition) is 1. The van der Waals surface area contributed by atoms with Gasteiger partial charge in [0.1, 0.15) is 0 Å². The zero-order chi connectivity index (χ0) is 20.9. The Morgan fingerprint density at radius 2 is 1.83 bits per heavy atom. The zero-order valence-electron chi connectivity index (χ0n) is 18.2. The first-order valence-electron chi connectivity index (χ1n) is 11.6. The average Bonchev–Trinajstić information content (AvgIpc) is 3.22. The molecule has 0 aliphatic carbocycles. The molecule has 2 saturated heterocycles. The van der Waals surface area contributed by atoms with Gasteiger partial charge in [-0.05, 0) is 37.8 Å². The van der Waals surface area contributed by atoms with Gasteiger partial charge in [0.2, 0.25) is 17.7 Å². The minimum absolute atomic E-state index is 0.0544. The Hall–Kier alpha value is -2.21. The van der Waals surface area contributed by atoms with E-state index >= 15 is 0 Å². The molecule has 30 heavy (non-hydrogen) atoms. The van der Waals surface area contributed by atoms with Gasteiger partial charge in [-0.1, -0.05) is 57.0 Å². The van der Waals surface area contributed by atoms with Gasteiger partial charge in [-0.3, -0.25) is 4.79 Å². The molecule has 0 bridgehead atoms. The number of hydrogen-bond acceptors (Lipinski definition) is 5.